The van der Waals surface area contributed by atoms with E-state index in [1.54, 1.807) is 6.20 Å². The Labute approximate surface area is 204 Å². The number of rotatable bonds is 2. The van der Waals surface area contributed by atoms with Gasteiger partial charge in [-0.3, -0.25) is 15.0 Å². The summed E-state index contributed by atoms with van der Waals surface area (Å²) in [5.41, 5.74) is 4.95. The third-order valence-electron chi connectivity index (χ3n) is 4.47. The minimum absolute atomic E-state index is 0. The van der Waals surface area contributed by atoms with Crippen molar-refractivity contribution in [2.45, 2.75) is 88.0 Å². The Balaban J connectivity index is 0.000000459. The first kappa shape index (κ1) is 30.4. The number of hydrogen-bond acceptors (Lipinski definition) is 3. The van der Waals surface area contributed by atoms with Gasteiger partial charge in [-0.25, -0.2) is 0 Å². The molecule has 0 aromatic carbocycles. The van der Waals surface area contributed by atoms with Gasteiger partial charge in [-0.2, -0.15) is 0 Å². The first-order valence-corrected chi connectivity index (χ1v) is 11.4. The van der Waals surface area contributed by atoms with Crippen molar-refractivity contribution in [1.29, 1.82) is 0 Å². The van der Waals surface area contributed by atoms with E-state index in [1.807, 2.05) is 43.1 Å². The highest BCUT2D eigenvalue weighted by atomic mass is 14.6. The summed E-state index contributed by atoms with van der Waals surface area (Å²) in [7, 11) is 0. The molecule has 3 heterocycles. The highest BCUT2D eigenvalue weighted by Gasteiger charge is 2.12. The van der Waals surface area contributed by atoms with Gasteiger partial charge in [0.05, 0.1) is 0 Å². The lowest BCUT2D eigenvalue weighted by atomic mass is 9.88. The summed E-state index contributed by atoms with van der Waals surface area (Å²) in [6, 6.07) is 12.3. The summed E-state index contributed by atoms with van der Waals surface area (Å²) in [4.78, 5) is 12.1. The monoisotopic (exact) mass is 449 g/mol. The molecule has 3 rings (SSSR count). The van der Waals surface area contributed by atoms with Crippen molar-refractivity contribution in [3.63, 3.8) is 0 Å². The molecule has 3 heteroatoms. The first-order chi connectivity index (χ1) is 14.8. The van der Waals surface area contributed by atoms with Crippen LogP contribution in [0.2, 0.25) is 0 Å². The Bertz CT molecular complexity index is 802. The van der Waals surface area contributed by atoms with Gasteiger partial charge < -0.3 is 0 Å². The Morgan fingerprint density at radius 2 is 1.03 bits per heavy atom. The molecule has 0 atom stereocenters. The van der Waals surface area contributed by atoms with Gasteiger partial charge in [0.2, 0.25) is 0 Å². The second-order valence-electron chi connectivity index (χ2n) is 11.7. The molecule has 0 unspecified atom stereocenters. The lowest BCUT2D eigenvalue weighted by Crippen LogP contribution is -2.10. The molecule has 0 aliphatic carbocycles. The van der Waals surface area contributed by atoms with E-state index in [4.69, 9.17) is 0 Å². The van der Waals surface area contributed by atoms with Crippen molar-refractivity contribution in [3.05, 3.63) is 90.3 Å². The van der Waals surface area contributed by atoms with Crippen LogP contribution >= 0.6 is 0 Å². The second kappa shape index (κ2) is 13.9. The van der Waals surface area contributed by atoms with Gasteiger partial charge in [-0.05, 0) is 70.0 Å². The number of hydrogen-bond donors (Lipinski definition) is 0. The zero-order chi connectivity index (χ0) is 24.3. The van der Waals surface area contributed by atoms with Gasteiger partial charge in [0.1, 0.15) is 0 Å². The summed E-state index contributed by atoms with van der Waals surface area (Å²) >= 11 is 0. The summed E-state index contributed by atoms with van der Waals surface area (Å²) in [5, 5.41) is 0. The van der Waals surface area contributed by atoms with Crippen LogP contribution in [0.5, 0.6) is 0 Å². The molecule has 0 fully saturated rings. The Morgan fingerprint density at radius 3 is 1.39 bits per heavy atom. The van der Waals surface area contributed by atoms with Crippen molar-refractivity contribution < 1.29 is 0 Å². The van der Waals surface area contributed by atoms with Gasteiger partial charge in [-0.15, -0.1) is 0 Å². The topological polar surface area (TPSA) is 38.7 Å². The largest absolute Gasteiger partial charge is 0.265 e. The highest BCUT2D eigenvalue weighted by molar-refractivity contribution is 5.17. The van der Waals surface area contributed by atoms with Gasteiger partial charge in [0.25, 0.3) is 0 Å². The zero-order valence-electron chi connectivity index (χ0n) is 21.7. The van der Waals surface area contributed by atoms with E-state index in [9.17, 15) is 0 Å². The maximum atomic E-state index is 4.07. The average molecular weight is 450 g/mol. The van der Waals surface area contributed by atoms with Crippen LogP contribution in [0.25, 0.3) is 0 Å². The van der Waals surface area contributed by atoms with E-state index in [1.165, 1.54) is 16.7 Å². The Morgan fingerprint density at radius 1 is 0.545 bits per heavy atom. The molecule has 182 valence electrons. The van der Waals surface area contributed by atoms with E-state index in [0.29, 0.717) is 10.8 Å². The van der Waals surface area contributed by atoms with Crippen LogP contribution < -0.4 is 0 Å². The summed E-state index contributed by atoms with van der Waals surface area (Å²) in [6.07, 6.45) is 13.4. The molecule has 0 saturated heterocycles. The quantitative estimate of drug-likeness (QED) is 0.394. The smallest absolute Gasteiger partial charge is 0.0305 e. The van der Waals surface area contributed by atoms with E-state index in [2.05, 4.69) is 102 Å². The molecule has 3 aromatic heterocycles. The van der Waals surface area contributed by atoms with Crippen molar-refractivity contribution in [2.24, 2.45) is 10.8 Å². The summed E-state index contributed by atoms with van der Waals surface area (Å²) < 4.78 is 0. The van der Waals surface area contributed by atoms with Crippen LogP contribution in [-0.2, 0) is 18.3 Å². The standard InChI is InChI=1S/2C10H15N.C9H13N.CH4/c1-10(2,3)8-9-4-6-11-7-5-9;1-10(2,3)7-9-5-4-6-11-8-9;1-9(2,3)8-5-4-6-10-7-8;/h4-7H,8H2,1-3H3;4-6,8H,7H2,1-3H3;4-7H,1-3H3;1H4. The molecule has 0 spiro atoms. The molecule has 33 heavy (non-hydrogen) atoms. The van der Waals surface area contributed by atoms with E-state index in [0.717, 1.165) is 12.8 Å². The molecule has 3 aromatic rings. The highest BCUT2D eigenvalue weighted by Crippen LogP contribution is 2.21. The third-order valence-corrected chi connectivity index (χ3v) is 4.47. The normalized spacial score (nSPS) is 11.2. The van der Waals surface area contributed by atoms with Crippen LogP contribution in [0.3, 0.4) is 0 Å². The van der Waals surface area contributed by atoms with Crippen LogP contribution in [0.4, 0.5) is 0 Å². The minimum Gasteiger partial charge on any atom is -0.265 e. The molecule has 0 bridgehead atoms. The van der Waals surface area contributed by atoms with Crippen molar-refractivity contribution >= 4 is 0 Å². The maximum Gasteiger partial charge on any atom is 0.0305 e. The molecule has 0 amide bonds. The van der Waals surface area contributed by atoms with Gasteiger partial charge in [0.15, 0.2) is 0 Å². The minimum atomic E-state index is 0. The van der Waals surface area contributed by atoms with Crippen molar-refractivity contribution in [1.82, 2.24) is 15.0 Å². The fourth-order valence-corrected chi connectivity index (χ4v) is 3.03. The SMILES string of the molecule is C.CC(C)(C)Cc1cccnc1.CC(C)(C)Cc1ccncc1.CC(C)(C)c1cccnc1. The predicted octanol–water partition coefficient (Wildman–Crippen LogP) is 8.36. The zero-order valence-corrected chi connectivity index (χ0v) is 21.7. The Hall–Kier alpha value is -2.55. The van der Waals surface area contributed by atoms with Crippen LogP contribution in [0, 0.1) is 10.8 Å². The van der Waals surface area contributed by atoms with Crippen LogP contribution in [0.15, 0.2) is 73.6 Å². The number of pyridine rings is 3. The second-order valence-corrected chi connectivity index (χ2v) is 11.7. The third kappa shape index (κ3) is 15.8. The molecule has 0 aliphatic rings. The Kier molecular flexibility index (Phi) is 12.8. The van der Waals surface area contributed by atoms with Crippen molar-refractivity contribution in [2.75, 3.05) is 0 Å². The first-order valence-electron chi connectivity index (χ1n) is 11.4. The van der Waals surface area contributed by atoms with Crippen molar-refractivity contribution in [3.8, 4) is 0 Å². The summed E-state index contributed by atoms with van der Waals surface area (Å²) in [6.45, 7) is 20.0. The molecule has 0 aliphatic heterocycles. The van der Waals surface area contributed by atoms with Gasteiger partial charge in [0, 0.05) is 37.2 Å². The molecule has 0 saturated carbocycles. The van der Waals surface area contributed by atoms with E-state index < -0.39 is 0 Å². The molecular weight excluding hydrogens is 402 g/mol. The predicted molar refractivity (Wildman–Crippen MR) is 144 cm³/mol. The van der Waals surface area contributed by atoms with Crippen LogP contribution in [0.1, 0.15) is 86.4 Å². The summed E-state index contributed by atoms with van der Waals surface area (Å²) in [5.74, 6) is 0. The lowest BCUT2D eigenvalue weighted by molar-refractivity contribution is 0.410. The fraction of sp³-hybridized carbons (Fsp3) is 0.500. The number of aromatic nitrogens is 3. The molecular formula is C30H47N3. The van der Waals surface area contributed by atoms with E-state index in [-0.39, 0.29) is 12.8 Å². The lowest BCUT2D eigenvalue weighted by Gasteiger charge is -2.17. The molecule has 0 N–H and O–H groups in total. The van der Waals surface area contributed by atoms with E-state index >= 15 is 0 Å². The molecule has 3 nitrogen and oxygen atoms in total. The van der Waals surface area contributed by atoms with Gasteiger partial charge >= 0.3 is 0 Å². The van der Waals surface area contributed by atoms with Crippen LogP contribution in [-0.4, -0.2) is 15.0 Å². The molecule has 0 radical (unpaired) electrons. The maximum absolute atomic E-state index is 4.07. The average Bonchev–Trinajstić information content (AvgIpc) is 2.68. The fourth-order valence-electron chi connectivity index (χ4n) is 3.03. The number of nitrogens with zero attached hydrogens (tertiary/aromatic N) is 3. The van der Waals surface area contributed by atoms with Gasteiger partial charge in [-0.1, -0.05) is 81.9 Å².